The van der Waals surface area contributed by atoms with Gasteiger partial charge in [0.15, 0.2) is 17.2 Å². The number of carbonyl (C=O) groups is 2. The summed E-state index contributed by atoms with van der Waals surface area (Å²) in [4.78, 5) is 39.5. The number of carboxylic acids is 1. The first-order valence-electron chi connectivity index (χ1n) is 14.6. The molecule has 44 heavy (non-hydrogen) atoms. The first-order chi connectivity index (χ1) is 20.9. The van der Waals surface area contributed by atoms with Gasteiger partial charge in [-0.15, -0.1) is 0 Å². The number of carbonyl (C=O) groups excluding carboxylic acids is 1. The fourth-order valence-corrected chi connectivity index (χ4v) is 6.05. The smallest absolute Gasteiger partial charge is 0.310 e. The fraction of sp³-hybridized carbons (Fsp3) is 0.394. The molecule has 2 aliphatic heterocycles. The highest BCUT2D eigenvalue weighted by Gasteiger charge is 2.52. The molecular weight excluding hydrogens is 566 g/mol. The first kappa shape index (κ1) is 30.8. The Kier molecular flexibility index (Phi) is 8.51. The summed E-state index contributed by atoms with van der Waals surface area (Å²) in [5.41, 5.74) is -0.400. The van der Waals surface area contributed by atoms with Crippen LogP contribution in [0.15, 0.2) is 66.7 Å². The number of anilines is 1. The van der Waals surface area contributed by atoms with Crippen LogP contribution in [0.25, 0.3) is 0 Å². The van der Waals surface area contributed by atoms with E-state index in [9.17, 15) is 24.8 Å². The van der Waals surface area contributed by atoms with Gasteiger partial charge in [-0.1, -0.05) is 0 Å². The van der Waals surface area contributed by atoms with Crippen LogP contribution in [0.5, 0.6) is 23.0 Å². The number of carboxylic acid groups (broad SMARTS) is 1. The summed E-state index contributed by atoms with van der Waals surface area (Å²) in [5.74, 6) is 0.650. The standard InChI is InChI=1S/C33H37N3O8/c1-32(2,31(38)39)21-35-24-6-5-18-33(35,19-17-24)44-27-12-7-22(8-13-27)30(37)34(3)23-9-14-26(15-10-23)43-28-16-11-25(36(40)41)20-29(28)42-4/h7-16,20,24H,5-6,17-19,21H2,1-4H3,(H,38,39). The molecule has 3 aromatic carbocycles. The lowest BCUT2D eigenvalue weighted by molar-refractivity contribution is -0.384. The van der Waals surface area contributed by atoms with Gasteiger partial charge >= 0.3 is 5.97 Å². The summed E-state index contributed by atoms with van der Waals surface area (Å²) < 4.78 is 17.7. The molecule has 1 N–H and O–H groups in total. The van der Waals surface area contributed by atoms with E-state index in [0.29, 0.717) is 41.1 Å². The molecule has 2 unspecified atom stereocenters. The number of aliphatic carboxylic acids is 1. The molecule has 1 amide bonds. The lowest BCUT2D eigenvalue weighted by atomic mass is 9.89. The predicted molar refractivity (Wildman–Crippen MR) is 164 cm³/mol. The fourth-order valence-electron chi connectivity index (χ4n) is 6.05. The Bertz CT molecular complexity index is 1540. The summed E-state index contributed by atoms with van der Waals surface area (Å²) in [5, 5.41) is 20.8. The van der Waals surface area contributed by atoms with Crippen molar-refractivity contribution in [3.05, 3.63) is 82.4 Å². The quantitative estimate of drug-likeness (QED) is 0.192. The highest BCUT2D eigenvalue weighted by atomic mass is 16.6. The number of nitro groups is 1. The monoisotopic (exact) mass is 603 g/mol. The Labute approximate surface area is 256 Å². The zero-order valence-electron chi connectivity index (χ0n) is 25.3. The van der Waals surface area contributed by atoms with E-state index < -0.39 is 22.0 Å². The molecule has 0 aliphatic carbocycles. The van der Waals surface area contributed by atoms with Gasteiger partial charge in [0.05, 0.1) is 23.5 Å². The molecule has 5 rings (SSSR count). The van der Waals surface area contributed by atoms with Gasteiger partial charge in [0.1, 0.15) is 11.5 Å². The lowest BCUT2D eigenvalue weighted by Crippen LogP contribution is -2.57. The van der Waals surface area contributed by atoms with Crippen LogP contribution in [0.1, 0.15) is 56.3 Å². The Balaban J connectivity index is 1.25. The van der Waals surface area contributed by atoms with Crippen LogP contribution in [0.2, 0.25) is 0 Å². The Morgan fingerprint density at radius 2 is 1.70 bits per heavy atom. The van der Waals surface area contributed by atoms with Gasteiger partial charge in [-0.25, -0.2) is 0 Å². The summed E-state index contributed by atoms with van der Waals surface area (Å²) in [6, 6.07) is 18.4. The third-order valence-corrected chi connectivity index (χ3v) is 8.61. The molecule has 232 valence electrons. The van der Waals surface area contributed by atoms with Gasteiger partial charge in [-0.2, -0.15) is 0 Å². The molecule has 11 nitrogen and oxygen atoms in total. The van der Waals surface area contributed by atoms with Gasteiger partial charge in [-0.3, -0.25) is 24.6 Å². The number of amides is 1. The number of methoxy groups -OCH3 is 1. The van der Waals surface area contributed by atoms with E-state index in [1.165, 1.54) is 30.2 Å². The number of hydrogen-bond donors (Lipinski definition) is 1. The molecule has 2 bridgehead atoms. The van der Waals surface area contributed by atoms with Gasteiger partial charge in [-0.05, 0) is 87.7 Å². The minimum absolute atomic E-state index is 0.105. The molecule has 2 fully saturated rings. The average molecular weight is 604 g/mol. The van der Waals surface area contributed by atoms with E-state index in [-0.39, 0.29) is 17.3 Å². The number of benzene rings is 3. The minimum atomic E-state index is -0.892. The second-order valence-corrected chi connectivity index (χ2v) is 12.0. The molecule has 2 atom stereocenters. The summed E-state index contributed by atoms with van der Waals surface area (Å²) >= 11 is 0. The van der Waals surface area contributed by atoms with Crippen molar-refractivity contribution in [2.45, 2.75) is 57.7 Å². The zero-order valence-corrected chi connectivity index (χ0v) is 25.3. The van der Waals surface area contributed by atoms with Gasteiger partial charge in [0.2, 0.25) is 0 Å². The second kappa shape index (κ2) is 12.2. The molecule has 0 spiro atoms. The van der Waals surface area contributed by atoms with E-state index in [0.717, 1.165) is 32.1 Å². The van der Waals surface area contributed by atoms with Crippen molar-refractivity contribution in [2.75, 3.05) is 25.6 Å². The summed E-state index contributed by atoms with van der Waals surface area (Å²) in [6.07, 6.45) is 4.72. The van der Waals surface area contributed by atoms with Crippen LogP contribution < -0.4 is 19.1 Å². The number of ether oxygens (including phenoxy) is 3. The highest BCUT2D eigenvalue weighted by molar-refractivity contribution is 6.05. The van der Waals surface area contributed by atoms with E-state index >= 15 is 0 Å². The number of nitrogens with zero attached hydrogens (tertiary/aromatic N) is 3. The molecule has 0 radical (unpaired) electrons. The maximum absolute atomic E-state index is 13.3. The number of rotatable bonds is 11. The largest absolute Gasteiger partial charge is 0.493 e. The summed E-state index contributed by atoms with van der Waals surface area (Å²) in [7, 11) is 3.09. The molecule has 0 aromatic heterocycles. The molecule has 3 aromatic rings. The number of hydrogen-bond acceptors (Lipinski definition) is 8. The first-order valence-corrected chi connectivity index (χ1v) is 14.6. The van der Waals surface area contributed by atoms with Crippen LogP contribution in [-0.2, 0) is 4.79 Å². The molecule has 2 heterocycles. The Hall–Kier alpha value is -4.64. The van der Waals surface area contributed by atoms with E-state index in [1.807, 2.05) is 0 Å². The van der Waals surface area contributed by atoms with Crippen molar-refractivity contribution >= 4 is 23.3 Å². The number of nitro benzene ring substituents is 1. The van der Waals surface area contributed by atoms with Crippen molar-refractivity contribution in [1.29, 1.82) is 0 Å². The van der Waals surface area contributed by atoms with Gasteiger partial charge < -0.3 is 24.2 Å². The third-order valence-electron chi connectivity index (χ3n) is 8.61. The number of fused-ring (bicyclic) bond motifs is 2. The maximum atomic E-state index is 13.3. The summed E-state index contributed by atoms with van der Waals surface area (Å²) in [6.45, 7) is 3.93. The van der Waals surface area contributed by atoms with Gasteiger partial charge in [0.25, 0.3) is 11.6 Å². The minimum Gasteiger partial charge on any atom is -0.493 e. The van der Waals surface area contributed by atoms with Crippen LogP contribution in [0, 0.1) is 15.5 Å². The van der Waals surface area contributed by atoms with Crippen molar-refractivity contribution in [2.24, 2.45) is 5.41 Å². The van der Waals surface area contributed by atoms with Crippen molar-refractivity contribution < 1.29 is 33.8 Å². The number of non-ortho nitro benzene ring substituents is 1. The Morgan fingerprint density at radius 1 is 1.02 bits per heavy atom. The lowest BCUT2D eigenvalue weighted by Gasteiger charge is -2.46. The predicted octanol–water partition coefficient (Wildman–Crippen LogP) is 6.51. The average Bonchev–Trinajstić information content (AvgIpc) is 3.17. The second-order valence-electron chi connectivity index (χ2n) is 12.0. The number of piperidine rings is 1. The zero-order chi connectivity index (χ0) is 31.6. The normalized spacial score (nSPS) is 19.7. The van der Waals surface area contributed by atoms with Crippen LogP contribution >= 0.6 is 0 Å². The van der Waals surface area contributed by atoms with Crippen LogP contribution in [0.3, 0.4) is 0 Å². The van der Waals surface area contributed by atoms with E-state index in [2.05, 4.69) is 4.90 Å². The highest BCUT2D eigenvalue weighted by Crippen LogP contribution is 2.46. The van der Waals surface area contributed by atoms with Crippen LogP contribution in [0.4, 0.5) is 11.4 Å². The van der Waals surface area contributed by atoms with E-state index in [1.54, 1.807) is 69.4 Å². The molecular formula is C33H37N3O8. The molecule has 11 heteroatoms. The topological polar surface area (TPSA) is 132 Å². The maximum Gasteiger partial charge on any atom is 0.310 e. The molecule has 2 aliphatic rings. The van der Waals surface area contributed by atoms with E-state index in [4.69, 9.17) is 14.2 Å². The van der Waals surface area contributed by atoms with Crippen molar-refractivity contribution in [1.82, 2.24) is 4.90 Å². The van der Waals surface area contributed by atoms with Crippen molar-refractivity contribution in [3.8, 4) is 23.0 Å². The Morgan fingerprint density at radius 3 is 2.34 bits per heavy atom. The van der Waals surface area contributed by atoms with Gasteiger partial charge in [0, 0.05) is 49.8 Å². The third kappa shape index (κ3) is 6.19. The molecule has 2 saturated heterocycles. The van der Waals surface area contributed by atoms with Crippen molar-refractivity contribution in [3.63, 3.8) is 0 Å². The SMILES string of the molecule is COc1cc([N+](=O)[O-])ccc1Oc1ccc(N(C)C(=O)c2ccc(OC34CCCC(CC3)N4CC(C)(C)C(=O)O)cc2)cc1. The molecule has 0 saturated carbocycles. The van der Waals surface area contributed by atoms with Crippen LogP contribution in [-0.4, -0.2) is 59.3 Å².